The summed E-state index contributed by atoms with van der Waals surface area (Å²) in [6.45, 7) is 5.21. The molecule has 1 fully saturated rings. The molecule has 128 valence electrons. The van der Waals surface area contributed by atoms with Crippen molar-refractivity contribution in [2.45, 2.75) is 58.9 Å². The molecule has 2 amide bonds. The fourth-order valence-electron chi connectivity index (χ4n) is 3.08. The number of amides is 2. The summed E-state index contributed by atoms with van der Waals surface area (Å²) in [5.41, 5.74) is 0.889. The molecule has 0 aliphatic heterocycles. The molecule has 1 heterocycles. The lowest BCUT2D eigenvalue weighted by atomic mass is 9.78. The van der Waals surface area contributed by atoms with E-state index in [1.54, 1.807) is 11.3 Å². The predicted octanol–water partition coefficient (Wildman–Crippen LogP) is 2.79. The summed E-state index contributed by atoms with van der Waals surface area (Å²) in [6, 6.07) is 0. The zero-order valence-electron chi connectivity index (χ0n) is 14.1. The van der Waals surface area contributed by atoms with Gasteiger partial charge in [0.25, 0.3) is 0 Å². The fraction of sp³-hybridized carbons (Fsp3) is 0.706. The minimum absolute atomic E-state index is 0.00834. The quantitative estimate of drug-likeness (QED) is 0.752. The molecule has 2 atom stereocenters. The van der Waals surface area contributed by atoms with Gasteiger partial charge in [0.2, 0.25) is 11.8 Å². The Bertz CT molecular complexity index is 530. The van der Waals surface area contributed by atoms with E-state index in [1.807, 2.05) is 12.3 Å². The smallest absolute Gasteiger partial charge is 0.224 e. The van der Waals surface area contributed by atoms with Crippen molar-refractivity contribution in [3.05, 3.63) is 16.1 Å². The minimum atomic E-state index is -0.204. The van der Waals surface area contributed by atoms with Crippen LogP contribution in [0.3, 0.4) is 0 Å². The third kappa shape index (κ3) is 5.30. The van der Waals surface area contributed by atoms with Crippen molar-refractivity contribution in [1.82, 2.24) is 15.6 Å². The molecule has 0 bridgehead atoms. The van der Waals surface area contributed by atoms with Crippen molar-refractivity contribution in [2.24, 2.45) is 11.8 Å². The van der Waals surface area contributed by atoms with Crippen LogP contribution in [-0.4, -0.2) is 23.3 Å². The number of rotatable bonds is 7. The Balaban J connectivity index is 1.88. The molecular formula is C17H27N3O2S. The molecule has 23 heavy (non-hydrogen) atoms. The maximum Gasteiger partial charge on any atom is 0.224 e. The highest BCUT2D eigenvalue weighted by molar-refractivity contribution is 7.09. The van der Waals surface area contributed by atoms with Gasteiger partial charge in [0.1, 0.15) is 0 Å². The molecule has 2 unspecified atom stereocenters. The van der Waals surface area contributed by atoms with Crippen LogP contribution in [0.25, 0.3) is 0 Å². The monoisotopic (exact) mass is 337 g/mol. The van der Waals surface area contributed by atoms with Gasteiger partial charge < -0.3 is 10.6 Å². The summed E-state index contributed by atoms with van der Waals surface area (Å²) in [5, 5.41) is 8.91. The summed E-state index contributed by atoms with van der Waals surface area (Å²) in [5.74, 6) is -0.350. The Hall–Kier alpha value is -1.43. The van der Waals surface area contributed by atoms with E-state index in [0.29, 0.717) is 13.1 Å². The summed E-state index contributed by atoms with van der Waals surface area (Å²) < 4.78 is 0. The van der Waals surface area contributed by atoms with E-state index in [2.05, 4.69) is 22.5 Å². The molecule has 0 spiro atoms. The second-order valence-electron chi connectivity index (χ2n) is 6.22. The van der Waals surface area contributed by atoms with Gasteiger partial charge in [0.05, 0.1) is 17.2 Å². The minimum Gasteiger partial charge on any atom is -0.356 e. The largest absolute Gasteiger partial charge is 0.356 e. The van der Waals surface area contributed by atoms with Crippen LogP contribution in [0.2, 0.25) is 0 Å². The molecule has 1 aliphatic carbocycles. The zero-order chi connectivity index (χ0) is 16.7. The summed E-state index contributed by atoms with van der Waals surface area (Å²) in [7, 11) is 0. The van der Waals surface area contributed by atoms with Gasteiger partial charge in [-0.15, -0.1) is 11.3 Å². The molecule has 1 aromatic heterocycles. The first-order valence-electron chi connectivity index (χ1n) is 8.58. The van der Waals surface area contributed by atoms with Crippen molar-refractivity contribution >= 4 is 23.2 Å². The van der Waals surface area contributed by atoms with Gasteiger partial charge in [-0.1, -0.05) is 26.2 Å². The number of nitrogens with one attached hydrogen (secondary N) is 2. The Morgan fingerprint density at radius 2 is 1.87 bits per heavy atom. The third-order valence-corrected chi connectivity index (χ3v) is 5.20. The average Bonchev–Trinajstić information content (AvgIpc) is 2.98. The summed E-state index contributed by atoms with van der Waals surface area (Å²) >= 11 is 1.58. The van der Waals surface area contributed by atoms with Crippen LogP contribution in [-0.2, 0) is 16.1 Å². The Morgan fingerprint density at radius 3 is 2.43 bits per heavy atom. The van der Waals surface area contributed by atoms with Crippen molar-refractivity contribution in [3.63, 3.8) is 0 Å². The Labute approximate surface area is 142 Å². The maximum atomic E-state index is 12.5. The molecular weight excluding hydrogens is 310 g/mol. The highest BCUT2D eigenvalue weighted by atomic mass is 32.1. The third-order valence-electron chi connectivity index (χ3n) is 4.38. The second kappa shape index (κ2) is 9.01. The van der Waals surface area contributed by atoms with Crippen molar-refractivity contribution in [3.8, 4) is 0 Å². The lowest BCUT2D eigenvalue weighted by Gasteiger charge is -2.29. The molecule has 1 saturated carbocycles. The van der Waals surface area contributed by atoms with Gasteiger partial charge in [-0.2, -0.15) is 0 Å². The first-order chi connectivity index (χ1) is 11.1. The van der Waals surface area contributed by atoms with Crippen LogP contribution in [0.5, 0.6) is 0 Å². The number of aromatic nitrogens is 1. The Morgan fingerprint density at radius 1 is 1.22 bits per heavy atom. The fourth-order valence-corrected chi connectivity index (χ4v) is 3.69. The van der Waals surface area contributed by atoms with Crippen LogP contribution < -0.4 is 10.6 Å². The molecule has 2 N–H and O–H groups in total. The molecule has 5 nitrogen and oxygen atoms in total. The van der Waals surface area contributed by atoms with E-state index in [0.717, 1.165) is 49.2 Å². The highest BCUT2D eigenvalue weighted by Gasteiger charge is 2.35. The molecule has 0 aromatic carbocycles. The SMILES string of the molecule is CCCCNC(=O)C1CCCCC1C(=O)NCc1csc(C)n1. The van der Waals surface area contributed by atoms with Gasteiger partial charge >= 0.3 is 0 Å². The maximum absolute atomic E-state index is 12.5. The van der Waals surface area contributed by atoms with Gasteiger partial charge in [-0.3, -0.25) is 9.59 Å². The number of aryl methyl sites for hydroxylation is 1. The lowest BCUT2D eigenvalue weighted by Crippen LogP contribution is -2.43. The highest BCUT2D eigenvalue weighted by Crippen LogP contribution is 2.30. The number of hydrogen-bond acceptors (Lipinski definition) is 4. The van der Waals surface area contributed by atoms with Gasteiger partial charge in [0, 0.05) is 23.8 Å². The summed E-state index contributed by atoms with van der Waals surface area (Å²) in [4.78, 5) is 29.2. The van der Waals surface area contributed by atoms with E-state index in [9.17, 15) is 9.59 Å². The van der Waals surface area contributed by atoms with E-state index < -0.39 is 0 Å². The van der Waals surface area contributed by atoms with Crippen LogP contribution in [0, 0.1) is 18.8 Å². The number of unbranched alkanes of at least 4 members (excludes halogenated alkanes) is 1. The van der Waals surface area contributed by atoms with Crippen LogP contribution in [0.4, 0.5) is 0 Å². The van der Waals surface area contributed by atoms with Gasteiger partial charge in [-0.05, 0) is 26.2 Å². The Kier molecular flexibility index (Phi) is 7.02. The van der Waals surface area contributed by atoms with Crippen LogP contribution >= 0.6 is 11.3 Å². The van der Waals surface area contributed by atoms with Crippen LogP contribution in [0.15, 0.2) is 5.38 Å². The van der Waals surface area contributed by atoms with Crippen LogP contribution in [0.1, 0.15) is 56.2 Å². The molecule has 1 aromatic rings. The van der Waals surface area contributed by atoms with Gasteiger partial charge in [0.15, 0.2) is 0 Å². The standard InChI is InChI=1S/C17H27N3O2S/c1-3-4-9-18-16(21)14-7-5-6-8-15(14)17(22)19-10-13-11-23-12(2)20-13/h11,14-15H,3-10H2,1-2H3,(H,18,21)(H,19,22). The molecule has 6 heteroatoms. The predicted molar refractivity (Wildman–Crippen MR) is 92.1 cm³/mol. The number of hydrogen-bond donors (Lipinski definition) is 2. The zero-order valence-corrected chi connectivity index (χ0v) is 14.9. The number of carbonyl (C=O) groups excluding carboxylic acids is 2. The lowest BCUT2D eigenvalue weighted by molar-refractivity contribution is -0.136. The van der Waals surface area contributed by atoms with E-state index >= 15 is 0 Å². The van der Waals surface area contributed by atoms with Crippen molar-refractivity contribution < 1.29 is 9.59 Å². The number of nitrogens with zero attached hydrogens (tertiary/aromatic N) is 1. The van der Waals surface area contributed by atoms with E-state index in [-0.39, 0.29) is 23.7 Å². The molecule has 1 aliphatic rings. The normalized spacial score (nSPS) is 21.0. The first-order valence-corrected chi connectivity index (χ1v) is 9.46. The molecule has 2 rings (SSSR count). The summed E-state index contributed by atoms with van der Waals surface area (Å²) in [6.07, 6.45) is 5.70. The van der Waals surface area contributed by atoms with Gasteiger partial charge in [-0.25, -0.2) is 4.98 Å². The second-order valence-corrected chi connectivity index (χ2v) is 7.28. The van der Waals surface area contributed by atoms with Crippen molar-refractivity contribution in [1.29, 1.82) is 0 Å². The van der Waals surface area contributed by atoms with Crippen molar-refractivity contribution in [2.75, 3.05) is 6.54 Å². The molecule has 0 radical (unpaired) electrons. The van der Waals surface area contributed by atoms with E-state index in [4.69, 9.17) is 0 Å². The topological polar surface area (TPSA) is 71.1 Å². The number of carbonyl (C=O) groups is 2. The average molecular weight is 337 g/mol. The number of thiazole rings is 1. The molecule has 0 saturated heterocycles. The van der Waals surface area contributed by atoms with E-state index in [1.165, 1.54) is 0 Å². The first kappa shape index (κ1) is 17.9.